The van der Waals surface area contributed by atoms with Gasteiger partial charge in [-0.25, -0.2) is 22.9 Å². The number of urea groups is 1. The molecule has 1 unspecified atom stereocenters. The second-order valence-corrected chi connectivity index (χ2v) is 22.3. The highest BCUT2D eigenvalue weighted by molar-refractivity contribution is 7.95. The maximum Gasteiger partial charge on any atom is 0.332 e. The van der Waals surface area contributed by atoms with Gasteiger partial charge in [-0.2, -0.15) is 4.36 Å². The number of anilines is 1. The molecule has 198 valence electrons. The first-order valence-electron chi connectivity index (χ1n) is 12.2. The van der Waals surface area contributed by atoms with E-state index >= 15 is 0 Å². The fourth-order valence-corrected chi connectivity index (χ4v) is 11.9. The molecule has 2 aromatic rings. The second-order valence-electron chi connectivity index (χ2n) is 11.5. The van der Waals surface area contributed by atoms with Crippen molar-refractivity contribution in [3.8, 4) is 0 Å². The van der Waals surface area contributed by atoms with Crippen LogP contribution in [0.4, 0.5) is 15.5 Å². The largest absolute Gasteiger partial charge is 0.332 e. The molecule has 4 rings (SSSR count). The number of rotatable bonds is 5. The van der Waals surface area contributed by atoms with Gasteiger partial charge in [0.1, 0.15) is 5.00 Å². The number of aryl methyl sites for hydroxylation is 2. The Balaban J connectivity index is 1.74. The number of carbonyl (C=O) groups excluding carboxylic acids is 1. The molecule has 2 N–H and O–H groups in total. The minimum atomic E-state index is -3.41. The van der Waals surface area contributed by atoms with Gasteiger partial charge in [0.15, 0.2) is 18.2 Å². The van der Waals surface area contributed by atoms with Gasteiger partial charge in [-0.3, -0.25) is 4.03 Å². The van der Waals surface area contributed by atoms with E-state index in [0.29, 0.717) is 5.00 Å². The lowest BCUT2D eigenvalue weighted by molar-refractivity contribution is 0.256. The van der Waals surface area contributed by atoms with Crippen molar-refractivity contribution in [2.24, 2.45) is 8.39 Å². The fraction of sp³-hybridized carbons (Fsp3) is 0.583. The monoisotopic (exact) mass is 567 g/mol. The zero-order valence-corrected chi connectivity index (χ0v) is 25.6. The zero-order chi connectivity index (χ0) is 26.5. The number of hydrogen-bond acceptors (Lipinski definition) is 7. The van der Waals surface area contributed by atoms with Crippen molar-refractivity contribution in [1.29, 1.82) is 0 Å². The van der Waals surface area contributed by atoms with Crippen LogP contribution in [-0.2, 0) is 45.3 Å². The standard InChI is InChI=1S/C24H37N5O3S3Si/c1-24(2,3)36(6,7)29-35(32,23-25-15-20(33-23)27-34(4,5)31)28-22(30)26-21-18-12-8-10-16(18)14-17-11-9-13-19(17)21/h14-15H,8-13H2,1-7H3,(H2,26,28,29,30,32). The molecule has 1 aromatic heterocycles. The van der Waals surface area contributed by atoms with Crippen LogP contribution in [-0.4, -0.2) is 40.2 Å². The van der Waals surface area contributed by atoms with Crippen molar-refractivity contribution in [3.05, 3.63) is 34.5 Å². The van der Waals surface area contributed by atoms with Crippen molar-refractivity contribution >= 4 is 55.9 Å². The predicted octanol–water partition coefficient (Wildman–Crippen LogP) is 6.05. The first-order valence-corrected chi connectivity index (χ1v) is 19.9. The molecule has 12 heteroatoms. The van der Waals surface area contributed by atoms with E-state index < -0.39 is 33.9 Å². The lowest BCUT2D eigenvalue weighted by Gasteiger charge is -2.33. The topological polar surface area (TPSA) is 113 Å². The van der Waals surface area contributed by atoms with Crippen molar-refractivity contribution in [1.82, 2.24) is 9.71 Å². The van der Waals surface area contributed by atoms with E-state index in [1.54, 1.807) is 0 Å². The summed E-state index contributed by atoms with van der Waals surface area (Å²) >= 11 is 1.06. The van der Waals surface area contributed by atoms with Gasteiger partial charge in [-0.1, -0.05) is 38.2 Å². The average Bonchev–Trinajstić information content (AvgIpc) is 3.45. The highest BCUT2D eigenvalue weighted by atomic mass is 32.2. The minimum absolute atomic E-state index is 0.174. The van der Waals surface area contributed by atoms with Gasteiger partial charge < -0.3 is 5.32 Å². The first-order chi connectivity index (χ1) is 16.6. The van der Waals surface area contributed by atoms with E-state index in [-0.39, 0.29) is 9.38 Å². The first kappa shape index (κ1) is 27.3. The van der Waals surface area contributed by atoms with Crippen LogP contribution in [0, 0.1) is 0 Å². The van der Waals surface area contributed by atoms with E-state index in [2.05, 4.69) is 46.2 Å². The number of amides is 2. The quantitative estimate of drug-likeness (QED) is 0.428. The van der Waals surface area contributed by atoms with E-state index in [9.17, 15) is 13.2 Å². The Kier molecular flexibility index (Phi) is 7.21. The van der Waals surface area contributed by atoms with Gasteiger partial charge >= 0.3 is 6.03 Å². The lowest BCUT2D eigenvalue weighted by Crippen LogP contribution is -2.41. The van der Waals surface area contributed by atoms with Crippen LogP contribution in [0.5, 0.6) is 0 Å². The van der Waals surface area contributed by atoms with Crippen LogP contribution >= 0.6 is 11.3 Å². The Morgan fingerprint density at radius 3 is 2.17 bits per heavy atom. The number of fused-ring (bicyclic) bond motifs is 2. The summed E-state index contributed by atoms with van der Waals surface area (Å²) in [5, 5.41) is 3.28. The van der Waals surface area contributed by atoms with Crippen molar-refractivity contribution in [2.45, 2.75) is 81.8 Å². The van der Waals surface area contributed by atoms with Crippen LogP contribution in [0.2, 0.25) is 18.1 Å². The molecule has 36 heavy (non-hydrogen) atoms. The van der Waals surface area contributed by atoms with Gasteiger partial charge in [0.25, 0.3) is 0 Å². The van der Waals surface area contributed by atoms with Crippen LogP contribution < -0.4 is 10.0 Å². The van der Waals surface area contributed by atoms with Gasteiger partial charge in [0, 0.05) is 27.9 Å². The molecular weight excluding hydrogens is 531 g/mol. The summed E-state index contributed by atoms with van der Waals surface area (Å²) in [6, 6.07) is 1.77. The molecule has 1 heterocycles. The molecule has 2 amide bonds. The Bertz CT molecular complexity index is 1420. The van der Waals surface area contributed by atoms with E-state index in [4.69, 9.17) is 4.03 Å². The van der Waals surface area contributed by atoms with Crippen LogP contribution in [0.15, 0.2) is 25.0 Å². The molecule has 2 aliphatic carbocycles. The molecule has 8 nitrogen and oxygen atoms in total. The number of carbonyl (C=O) groups is 1. The maximum atomic E-state index is 14.4. The highest BCUT2D eigenvalue weighted by Gasteiger charge is 2.39. The second kappa shape index (κ2) is 9.52. The third-order valence-corrected chi connectivity index (χ3v) is 17.1. The summed E-state index contributed by atoms with van der Waals surface area (Å²) in [6.07, 6.45) is 10.6. The normalized spacial score (nSPS) is 17.2. The molecule has 0 fully saturated rings. The van der Waals surface area contributed by atoms with E-state index in [1.807, 2.05) is 13.1 Å². The summed E-state index contributed by atoms with van der Waals surface area (Å²) in [5.41, 5.74) is 5.91. The molecule has 0 radical (unpaired) electrons. The van der Waals surface area contributed by atoms with E-state index in [1.165, 1.54) is 41.0 Å². The van der Waals surface area contributed by atoms with Gasteiger partial charge in [0.2, 0.25) is 4.34 Å². The molecule has 0 saturated heterocycles. The van der Waals surface area contributed by atoms with Crippen LogP contribution in [0.25, 0.3) is 0 Å². The zero-order valence-electron chi connectivity index (χ0n) is 22.2. The van der Waals surface area contributed by atoms with E-state index in [0.717, 1.165) is 55.5 Å². The SMILES string of the molecule is CC(C)(C)[Si](C)(C)N=S(=O)(NC(=O)Nc1c2c(cc3c1CCC3)CCC2)c1ncc(N=S(C)(C)=O)s1. The molecular formula is C24H37N5O3S3Si. The average molecular weight is 568 g/mol. The Labute approximate surface area is 220 Å². The van der Waals surface area contributed by atoms with Crippen molar-refractivity contribution in [3.63, 3.8) is 0 Å². The van der Waals surface area contributed by atoms with Crippen LogP contribution in [0.1, 0.15) is 55.9 Å². The molecule has 1 aromatic carbocycles. The Morgan fingerprint density at radius 2 is 1.64 bits per heavy atom. The summed E-state index contributed by atoms with van der Waals surface area (Å²) < 4.78 is 38.6. The number of hydrogen-bond donors (Lipinski definition) is 2. The third-order valence-electron chi connectivity index (χ3n) is 7.15. The number of nitrogens with zero attached hydrogens (tertiary/aromatic N) is 3. The molecule has 1 atom stereocenters. The predicted molar refractivity (Wildman–Crippen MR) is 153 cm³/mol. The van der Waals surface area contributed by atoms with Crippen LogP contribution in [0.3, 0.4) is 0 Å². The summed E-state index contributed by atoms with van der Waals surface area (Å²) in [4.78, 5) is 17.8. The summed E-state index contributed by atoms with van der Waals surface area (Å²) in [5.74, 6) is 0. The number of nitrogens with one attached hydrogen (secondary N) is 2. The van der Waals surface area contributed by atoms with Crippen molar-refractivity contribution in [2.75, 3.05) is 17.8 Å². The van der Waals surface area contributed by atoms with Gasteiger partial charge in [-0.15, -0.1) is 0 Å². The Morgan fingerprint density at radius 1 is 1.06 bits per heavy atom. The number of benzene rings is 1. The molecule has 0 aliphatic heterocycles. The highest BCUT2D eigenvalue weighted by Crippen LogP contribution is 2.40. The summed E-state index contributed by atoms with van der Waals surface area (Å²) in [6.45, 7) is 10.3. The number of aromatic nitrogens is 1. The number of thiazole rings is 1. The molecule has 0 saturated carbocycles. The lowest BCUT2D eigenvalue weighted by atomic mass is 9.99. The van der Waals surface area contributed by atoms with Gasteiger partial charge in [-0.05, 0) is 78.9 Å². The molecule has 0 spiro atoms. The van der Waals surface area contributed by atoms with Gasteiger partial charge in [0.05, 0.1) is 6.20 Å². The maximum absolute atomic E-state index is 14.4. The smallest absolute Gasteiger partial charge is 0.307 e. The Hall–Kier alpha value is -1.76. The minimum Gasteiger partial charge on any atom is -0.307 e. The molecule has 0 bridgehead atoms. The third kappa shape index (κ3) is 5.71. The van der Waals surface area contributed by atoms with Crippen molar-refractivity contribution < 1.29 is 13.2 Å². The molecule has 2 aliphatic rings. The summed E-state index contributed by atoms with van der Waals surface area (Å²) in [7, 11) is -8.29. The fourth-order valence-electron chi connectivity index (χ4n) is 4.43.